The number of carbonyl (C=O) groups is 1. The van der Waals surface area contributed by atoms with Gasteiger partial charge in [-0.25, -0.2) is 0 Å². The molecule has 1 N–H and O–H groups in total. The van der Waals surface area contributed by atoms with E-state index < -0.39 is 0 Å². The van der Waals surface area contributed by atoms with Gasteiger partial charge in [-0.15, -0.1) is 11.3 Å². The Morgan fingerprint density at radius 1 is 1.24 bits per heavy atom. The highest BCUT2D eigenvalue weighted by Crippen LogP contribution is 2.29. The van der Waals surface area contributed by atoms with E-state index in [4.69, 9.17) is 0 Å². The number of fused-ring (bicyclic) bond motifs is 3. The van der Waals surface area contributed by atoms with Crippen molar-refractivity contribution >= 4 is 28.1 Å². The molecule has 0 unspecified atom stereocenters. The third kappa shape index (κ3) is 2.07. The van der Waals surface area contributed by atoms with E-state index in [1.807, 2.05) is 30.0 Å². The number of carbonyl (C=O) groups excluding carboxylic acids is 1. The molecule has 1 aliphatic rings. The number of aromatic nitrogens is 1. The Kier molecular flexibility index (Phi) is 2.86. The molecule has 3 nitrogen and oxygen atoms in total. The van der Waals surface area contributed by atoms with E-state index >= 15 is 0 Å². The van der Waals surface area contributed by atoms with Crippen molar-refractivity contribution in [3.05, 3.63) is 57.4 Å². The molecule has 2 aromatic heterocycles. The molecule has 106 valence electrons. The maximum atomic E-state index is 12.6. The van der Waals surface area contributed by atoms with Crippen molar-refractivity contribution in [1.29, 1.82) is 0 Å². The average Bonchev–Trinajstić information content (AvgIpc) is 3.09. The van der Waals surface area contributed by atoms with Crippen LogP contribution in [0.2, 0.25) is 0 Å². The van der Waals surface area contributed by atoms with E-state index in [1.165, 1.54) is 27.0 Å². The van der Waals surface area contributed by atoms with Gasteiger partial charge in [-0.3, -0.25) is 4.79 Å². The molecular formula is C17H16N2OS. The number of aryl methyl sites for hydroxylation is 1. The highest BCUT2D eigenvalue weighted by Gasteiger charge is 2.25. The van der Waals surface area contributed by atoms with Crippen LogP contribution in [0.4, 0.5) is 0 Å². The van der Waals surface area contributed by atoms with Crippen molar-refractivity contribution in [2.45, 2.75) is 19.9 Å². The normalized spacial score (nSPS) is 14.4. The number of hydrogen-bond donors (Lipinski definition) is 1. The summed E-state index contributed by atoms with van der Waals surface area (Å²) in [7, 11) is 0. The molecule has 0 saturated heterocycles. The van der Waals surface area contributed by atoms with Crippen LogP contribution in [0.15, 0.2) is 36.4 Å². The smallest absolute Gasteiger partial charge is 0.264 e. The first kappa shape index (κ1) is 12.7. The number of nitrogens with one attached hydrogen (secondary N) is 1. The lowest BCUT2D eigenvalue weighted by Crippen LogP contribution is -2.35. The Morgan fingerprint density at radius 2 is 2.10 bits per heavy atom. The number of para-hydroxylation sites is 1. The maximum absolute atomic E-state index is 12.6. The summed E-state index contributed by atoms with van der Waals surface area (Å²) in [4.78, 5) is 20.1. The second-order valence-corrected chi connectivity index (χ2v) is 6.80. The van der Waals surface area contributed by atoms with Crippen molar-refractivity contribution in [3.63, 3.8) is 0 Å². The Hall–Kier alpha value is -2.07. The number of benzene rings is 1. The van der Waals surface area contributed by atoms with Gasteiger partial charge < -0.3 is 9.88 Å². The molecule has 0 fully saturated rings. The van der Waals surface area contributed by atoms with Gasteiger partial charge in [0.2, 0.25) is 0 Å². The Bertz CT molecular complexity index is 830. The van der Waals surface area contributed by atoms with E-state index in [0.29, 0.717) is 6.54 Å². The predicted molar refractivity (Wildman–Crippen MR) is 85.8 cm³/mol. The standard InChI is InChI=1S/C17H16N2OS/c1-11-6-7-16(21-11)17(20)19-9-8-15-13(10-19)12-4-2-3-5-14(12)18-15/h2-7,18H,8-10H2,1H3. The lowest BCUT2D eigenvalue weighted by Gasteiger charge is -2.26. The van der Waals surface area contributed by atoms with Crippen LogP contribution in [0, 0.1) is 6.92 Å². The lowest BCUT2D eigenvalue weighted by atomic mass is 10.0. The van der Waals surface area contributed by atoms with Crippen LogP contribution < -0.4 is 0 Å². The average molecular weight is 296 g/mol. The van der Waals surface area contributed by atoms with Gasteiger partial charge in [0.15, 0.2) is 0 Å². The third-order valence-corrected chi connectivity index (χ3v) is 5.11. The highest BCUT2D eigenvalue weighted by atomic mass is 32.1. The third-order valence-electron chi connectivity index (χ3n) is 4.12. The van der Waals surface area contributed by atoms with Crippen molar-refractivity contribution in [3.8, 4) is 0 Å². The zero-order valence-electron chi connectivity index (χ0n) is 11.8. The summed E-state index contributed by atoms with van der Waals surface area (Å²) in [5.41, 5.74) is 3.73. The van der Waals surface area contributed by atoms with Crippen LogP contribution >= 0.6 is 11.3 Å². The first-order chi connectivity index (χ1) is 10.2. The van der Waals surface area contributed by atoms with Crippen molar-refractivity contribution < 1.29 is 4.79 Å². The number of nitrogens with zero attached hydrogens (tertiary/aromatic N) is 1. The van der Waals surface area contributed by atoms with E-state index in [0.717, 1.165) is 17.8 Å². The first-order valence-corrected chi connectivity index (χ1v) is 7.98. The minimum absolute atomic E-state index is 0.157. The fourth-order valence-corrected chi connectivity index (χ4v) is 3.88. The summed E-state index contributed by atoms with van der Waals surface area (Å²) >= 11 is 1.58. The summed E-state index contributed by atoms with van der Waals surface area (Å²) in [6.45, 7) is 3.53. The summed E-state index contributed by atoms with van der Waals surface area (Å²) < 4.78 is 0. The quantitative estimate of drug-likeness (QED) is 0.729. The van der Waals surface area contributed by atoms with Crippen LogP contribution in [-0.2, 0) is 13.0 Å². The number of thiophene rings is 1. The predicted octanol–water partition coefficient (Wildman–Crippen LogP) is 3.74. The van der Waals surface area contributed by atoms with Crippen LogP contribution in [0.5, 0.6) is 0 Å². The van der Waals surface area contributed by atoms with Gasteiger partial charge in [0.25, 0.3) is 5.91 Å². The topological polar surface area (TPSA) is 36.1 Å². The molecule has 3 aromatic rings. The lowest BCUT2D eigenvalue weighted by molar-refractivity contribution is 0.0740. The van der Waals surface area contributed by atoms with Crippen LogP contribution in [0.25, 0.3) is 10.9 Å². The summed E-state index contributed by atoms with van der Waals surface area (Å²) in [5, 5.41) is 1.24. The van der Waals surface area contributed by atoms with Crippen LogP contribution in [-0.4, -0.2) is 22.3 Å². The molecule has 1 aliphatic heterocycles. The second-order valence-electron chi connectivity index (χ2n) is 5.51. The van der Waals surface area contributed by atoms with Gasteiger partial charge in [0.1, 0.15) is 0 Å². The minimum atomic E-state index is 0.157. The van der Waals surface area contributed by atoms with Crippen LogP contribution in [0.1, 0.15) is 25.8 Å². The molecule has 0 spiro atoms. The fraction of sp³-hybridized carbons (Fsp3) is 0.235. The van der Waals surface area contributed by atoms with Crippen molar-refractivity contribution in [2.75, 3.05) is 6.54 Å². The highest BCUT2D eigenvalue weighted by molar-refractivity contribution is 7.13. The minimum Gasteiger partial charge on any atom is -0.358 e. The van der Waals surface area contributed by atoms with Gasteiger partial charge in [-0.1, -0.05) is 18.2 Å². The zero-order valence-corrected chi connectivity index (χ0v) is 12.7. The molecule has 3 heterocycles. The van der Waals surface area contributed by atoms with Crippen molar-refractivity contribution in [1.82, 2.24) is 9.88 Å². The fourth-order valence-electron chi connectivity index (χ4n) is 3.05. The Morgan fingerprint density at radius 3 is 2.90 bits per heavy atom. The van der Waals surface area contributed by atoms with E-state index in [9.17, 15) is 4.79 Å². The van der Waals surface area contributed by atoms with Crippen molar-refractivity contribution in [2.24, 2.45) is 0 Å². The van der Waals surface area contributed by atoms with E-state index in [-0.39, 0.29) is 5.91 Å². The number of amides is 1. The Labute approximate surface area is 127 Å². The first-order valence-electron chi connectivity index (χ1n) is 7.16. The molecule has 4 heteroatoms. The molecule has 4 rings (SSSR count). The summed E-state index contributed by atoms with van der Waals surface area (Å²) in [5.74, 6) is 0.157. The van der Waals surface area contributed by atoms with Gasteiger partial charge in [0.05, 0.1) is 4.88 Å². The summed E-state index contributed by atoms with van der Waals surface area (Å²) in [6, 6.07) is 12.3. The Balaban J connectivity index is 1.68. The molecule has 1 amide bonds. The van der Waals surface area contributed by atoms with Gasteiger partial charge in [-0.05, 0) is 25.1 Å². The van der Waals surface area contributed by atoms with Gasteiger partial charge in [-0.2, -0.15) is 0 Å². The van der Waals surface area contributed by atoms with E-state index in [2.05, 4.69) is 23.2 Å². The van der Waals surface area contributed by atoms with Gasteiger partial charge >= 0.3 is 0 Å². The largest absolute Gasteiger partial charge is 0.358 e. The maximum Gasteiger partial charge on any atom is 0.264 e. The molecule has 0 bridgehead atoms. The zero-order chi connectivity index (χ0) is 14.4. The number of hydrogen-bond acceptors (Lipinski definition) is 2. The number of H-pyrrole nitrogens is 1. The molecule has 0 atom stereocenters. The molecule has 0 saturated carbocycles. The van der Waals surface area contributed by atoms with E-state index in [1.54, 1.807) is 11.3 Å². The summed E-state index contributed by atoms with van der Waals surface area (Å²) in [6.07, 6.45) is 0.903. The molecule has 0 radical (unpaired) electrons. The molecule has 21 heavy (non-hydrogen) atoms. The monoisotopic (exact) mass is 296 g/mol. The number of aromatic amines is 1. The molecule has 0 aliphatic carbocycles. The van der Waals surface area contributed by atoms with Crippen LogP contribution in [0.3, 0.4) is 0 Å². The molecule has 1 aromatic carbocycles. The van der Waals surface area contributed by atoms with Gasteiger partial charge in [0, 0.05) is 46.5 Å². The SMILES string of the molecule is Cc1ccc(C(=O)N2CCc3[nH]c4ccccc4c3C2)s1. The second kappa shape index (κ2) is 4.74. The number of rotatable bonds is 1. The molecular weight excluding hydrogens is 280 g/mol.